The molecule has 0 aliphatic heterocycles. The summed E-state index contributed by atoms with van der Waals surface area (Å²) in [6.07, 6.45) is 6.73. The van der Waals surface area contributed by atoms with E-state index in [1.54, 1.807) is 0 Å². The molecule has 1 aromatic rings. The number of hydrogen-bond acceptors (Lipinski definition) is 1. The van der Waals surface area contributed by atoms with Crippen LogP contribution >= 0.6 is 11.6 Å². The third-order valence-corrected chi connectivity index (χ3v) is 4.19. The van der Waals surface area contributed by atoms with Crippen LogP contribution < -0.4 is 5.73 Å². The minimum absolute atomic E-state index is 0.208. The van der Waals surface area contributed by atoms with E-state index in [0.717, 1.165) is 5.02 Å². The number of carbonyl (C=O) groups excluding carboxylic acids is 1. The van der Waals surface area contributed by atoms with Gasteiger partial charge in [-0.25, -0.2) is 0 Å². The van der Waals surface area contributed by atoms with Crippen LogP contribution in [0.25, 0.3) is 0 Å². The standard InChI is InChI=1S/C15H20ClNO/c16-13-8-6-12(7-9-13)14(10-15(17)18)11-4-2-1-3-5-11/h6-9,11,14H,1-5,10H2,(H2,17,18). The lowest BCUT2D eigenvalue weighted by Gasteiger charge is -2.30. The third-order valence-electron chi connectivity index (χ3n) is 3.94. The van der Waals surface area contributed by atoms with Gasteiger partial charge in [-0.15, -0.1) is 0 Å². The molecule has 1 aliphatic carbocycles. The molecule has 1 atom stereocenters. The molecule has 0 saturated heterocycles. The zero-order chi connectivity index (χ0) is 13.0. The first-order valence-corrected chi connectivity index (χ1v) is 7.08. The topological polar surface area (TPSA) is 43.1 Å². The van der Waals surface area contributed by atoms with Gasteiger partial charge in [0.15, 0.2) is 0 Å². The Morgan fingerprint density at radius 3 is 2.39 bits per heavy atom. The van der Waals surface area contributed by atoms with Gasteiger partial charge in [-0.3, -0.25) is 4.79 Å². The van der Waals surface area contributed by atoms with Gasteiger partial charge in [0, 0.05) is 11.4 Å². The van der Waals surface area contributed by atoms with E-state index in [1.807, 2.05) is 24.3 Å². The maximum Gasteiger partial charge on any atom is 0.218 e. The maximum atomic E-state index is 11.3. The number of carbonyl (C=O) groups is 1. The first-order valence-electron chi connectivity index (χ1n) is 6.70. The van der Waals surface area contributed by atoms with Crippen LogP contribution in [-0.4, -0.2) is 5.91 Å². The molecule has 1 saturated carbocycles. The normalized spacial score (nSPS) is 18.5. The molecule has 1 unspecified atom stereocenters. The Morgan fingerprint density at radius 2 is 1.83 bits per heavy atom. The second-order valence-corrected chi connectivity index (χ2v) is 5.66. The van der Waals surface area contributed by atoms with Crippen molar-refractivity contribution in [1.82, 2.24) is 0 Å². The molecule has 2 N–H and O–H groups in total. The summed E-state index contributed by atoms with van der Waals surface area (Å²) in [7, 11) is 0. The molecule has 1 aliphatic rings. The summed E-state index contributed by atoms with van der Waals surface area (Å²) >= 11 is 5.92. The summed E-state index contributed by atoms with van der Waals surface area (Å²) in [4.78, 5) is 11.3. The molecule has 1 aromatic carbocycles. The van der Waals surface area contributed by atoms with E-state index < -0.39 is 0 Å². The SMILES string of the molecule is NC(=O)CC(c1ccc(Cl)cc1)C1CCCCC1. The van der Waals surface area contributed by atoms with Crippen LogP contribution in [0.3, 0.4) is 0 Å². The van der Waals surface area contributed by atoms with Gasteiger partial charge in [0.2, 0.25) is 5.91 Å². The van der Waals surface area contributed by atoms with E-state index in [1.165, 1.54) is 37.7 Å². The van der Waals surface area contributed by atoms with E-state index in [0.29, 0.717) is 12.3 Å². The van der Waals surface area contributed by atoms with E-state index in [-0.39, 0.29) is 11.8 Å². The fourth-order valence-electron chi connectivity index (χ4n) is 3.02. The molecule has 0 radical (unpaired) electrons. The van der Waals surface area contributed by atoms with Crippen LogP contribution in [-0.2, 0) is 4.79 Å². The number of primary amides is 1. The van der Waals surface area contributed by atoms with Crippen LogP contribution in [0.15, 0.2) is 24.3 Å². The van der Waals surface area contributed by atoms with Crippen LogP contribution in [0.5, 0.6) is 0 Å². The predicted octanol–water partition coefficient (Wildman–Crippen LogP) is 3.88. The van der Waals surface area contributed by atoms with E-state index in [9.17, 15) is 4.79 Å². The Bertz CT molecular complexity index is 395. The number of nitrogens with two attached hydrogens (primary N) is 1. The van der Waals surface area contributed by atoms with E-state index in [2.05, 4.69) is 0 Å². The van der Waals surface area contributed by atoms with Crippen LogP contribution in [0.2, 0.25) is 5.02 Å². The second kappa shape index (κ2) is 6.24. The van der Waals surface area contributed by atoms with Gasteiger partial charge >= 0.3 is 0 Å². The summed E-state index contributed by atoms with van der Waals surface area (Å²) in [5, 5.41) is 0.736. The minimum Gasteiger partial charge on any atom is -0.370 e. The Hall–Kier alpha value is -1.02. The van der Waals surface area contributed by atoms with Gasteiger partial charge in [-0.05, 0) is 42.4 Å². The molecule has 0 spiro atoms. The number of amides is 1. The molecule has 0 heterocycles. The highest BCUT2D eigenvalue weighted by atomic mass is 35.5. The van der Waals surface area contributed by atoms with E-state index in [4.69, 9.17) is 17.3 Å². The smallest absolute Gasteiger partial charge is 0.218 e. The number of benzene rings is 1. The summed E-state index contributed by atoms with van der Waals surface area (Å²) in [6.45, 7) is 0. The maximum absolute atomic E-state index is 11.3. The van der Waals surface area contributed by atoms with Crippen LogP contribution in [0, 0.1) is 5.92 Å². The molecule has 2 nitrogen and oxygen atoms in total. The van der Waals surface area contributed by atoms with Crippen molar-refractivity contribution < 1.29 is 4.79 Å². The van der Waals surface area contributed by atoms with Crippen molar-refractivity contribution in [3.8, 4) is 0 Å². The average molecular weight is 266 g/mol. The summed E-state index contributed by atoms with van der Waals surface area (Å²) in [5.41, 5.74) is 6.60. The lowest BCUT2D eigenvalue weighted by Crippen LogP contribution is -2.22. The Kier molecular flexibility index (Phi) is 4.65. The summed E-state index contributed by atoms with van der Waals surface area (Å²) in [6, 6.07) is 7.86. The zero-order valence-electron chi connectivity index (χ0n) is 10.6. The molecule has 3 heteroatoms. The highest BCUT2D eigenvalue weighted by molar-refractivity contribution is 6.30. The Morgan fingerprint density at radius 1 is 1.22 bits per heavy atom. The van der Waals surface area contributed by atoms with Crippen molar-refractivity contribution >= 4 is 17.5 Å². The number of halogens is 1. The first-order chi connectivity index (χ1) is 8.66. The molecular formula is C15H20ClNO. The summed E-state index contributed by atoms with van der Waals surface area (Å²) < 4.78 is 0. The fourth-order valence-corrected chi connectivity index (χ4v) is 3.15. The van der Waals surface area contributed by atoms with Gasteiger partial charge in [-0.1, -0.05) is 43.0 Å². The van der Waals surface area contributed by atoms with Crippen molar-refractivity contribution in [3.05, 3.63) is 34.9 Å². The predicted molar refractivity (Wildman–Crippen MR) is 74.6 cm³/mol. The largest absolute Gasteiger partial charge is 0.370 e. The number of rotatable bonds is 4. The molecule has 18 heavy (non-hydrogen) atoms. The van der Waals surface area contributed by atoms with E-state index >= 15 is 0 Å². The fraction of sp³-hybridized carbons (Fsp3) is 0.533. The van der Waals surface area contributed by atoms with Crippen LogP contribution in [0.1, 0.15) is 50.0 Å². The van der Waals surface area contributed by atoms with Crippen molar-refractivity contribution in [2.45, 2.75) is 44.4 Å². The van der Waals surface area contributed by atoms with Crippen molar-refractivity contribution in [2.24, 2.45) is 11.7 Å². The average Bonchev–Trinajstić information content (AvgIpc) is 2.38. The molecule has 1 amide bonds. The lowest BCUT2D eigenvalue weighted by atomic mass is 9.75. The van der Waals surface area contributed by atoms with Crippen LogP contribution in [0.4, 0.5) is 0 Å². The van der Waals surface area contributed by atoms with Gasteiger partial charge in [0.1, 0.15) is 0 Å². The molecule has 2 rings (SSSR count). The van der Waals surface area contributed by atoms with Gasteiger partial charge in [0.25, 0.3) is 0 Å². The van der Waals surface area contributed by atoms with Crippen molar-refractivity contribution in [3.63, 3.8) is 0 Å². The van der Waals surface area contributed by atoms with Gasteiger partial charge < -0.3 is 5.73 Å². The Balaban J connectivity index is 2.17. The Labute approximate surface area is 114 Å². The zero-order valence-corrected chi connectivity index (χ0v) is 11.3. The van der Waals surface area contributed by atoms with Crippen molar-refractivity contribution in [2.75, 3.05) is 0 Å². The second-order valence-electron chi connectivity index (χ2n) is 5.23. The third kappa shape index (κ3) is 3.49. The monoisotopic (exact) mass is 265 g/mol. The highest BCUT2D eigenvalue weighted by Gasteiger charge is 2.26. The first kappa shape index (κ1) is 13.4. The molecular weight excluding hydrogens is 246 g/mol. The molecule has 0 bridgehead atoms. The molecule has 98 valence electrons. The quantitative estimate of drug-likeness (QED) is 0.882. The van der Waals surface area contributed by atoms with Crippen molar-refractivity contribution in [1.29, 1.82) is 0 Å². The highest BCUT2D eigenvalue weighted by Crippen LogP contribution is 2.38. The minimum atomic E-state index is -0.208. The number of hydrogen-bond donors (Lipinski definition) is 1. The van der Waals surface area contributed by atoms with Gasteiger partial charge in [0.05, 0.1) is 0 Å². The molecule has 1 fully saturated rings. The summed E-state index contributed by atoms with van der Waals surface area (Å²) in [5.74, 6) is 0.646. The lowest BCUT2D eigenvalue weighted by molar-refractivity contribution is -0.118. The van der Waals surface area contributed by atoms with Gasteiger partial charge in [-0.2, -0.15) is 0 Å². The molecule has 0 aromatic heterocycles.